The van der Waals surface area contributed by atoms with Crippen LogP contribution in [0.1, 0.15) is 11.1 Å². The van der Waals surface area contributed by atoms with E-state index in [-0.39, 0.29) is 5.97 Å². The number of ether oxygens (including phenoxy) is 4. The van der Waals surface area contributed by atoms with Crippen molar-refractivity contribution in [1.29, 1.82) is 0 Å². The Kier molecular flexibility index (Phi) is 7.29. The van der Waals surface area contributed by atoms with Gasteiger partial charge in [-0.3, -0.25) is 10.1 Å². The molecule has 1 atom stereocenters. The van der Waals surface area contributed by atoms with Gasteiger partial charge in [0.05, 0.1) is 34.0 Å². The van der Waals surface area contributed by atoms with E-state index in [9.17, 15) is 4.79 Å². The maximum atomic E-state index is 12.2. The second-order valence-electron chi connectivity index (χ2n) is 5.66. The summed E-state index contributed by atoms with van der Waals surface area (Å²) in [6, 6.07) is 12.9. The van der Waals surface area contributed by atoms with Gasteiger partial charge in [0.1, 0.15) is 23.3 Å². The van der Waals surface area contributed by atoms with Gasteiger partial charge >= 0.3 is 5.97 Å². The first-order valence-electron chi connectivity index (χ1n) is 8.27. The summed E-state index contributed by atoms with van der Waals surface area (Å²) < 4.78 is 21.1. The van der Waals surface area contributed by atoms with Crippen molar-refractivity contribution < 1.29 is 23.7 Å². The van der Waals surface area contributed by atoms with Crippen LogP contribution in [0.2, 0.25) is 0 Å². The molecule has 0 heterocycles. The molecule has 2 aromatic carbocycles. The summed E-state index contributed by atoms with van der Waals surface area (Å²) in [6.45, 7) is 0.378. The van der Waals surface area contributed by atoms with E-state index in [1.54, 1.807) is 33.5 Å². The molecular formula is C20H25NO5. The van der Waals surface area contributed by atoms with Crippen molar-refractivity contribution in [3.05, 3.63) is 53.6 Å². The number of methoxy groups -OCH3 is 4. The number of benzene rings is 2. The number of hydrogen-bond acceptors (Lipinski definition) is 6. The second-order valence-corrected chi connectivity index (χ2v) is 5.66. The van der Waals surface area contributed by atoms with Crippen molar-refractivity contribution in [3.8, 4) is 17.2 Å². The molecule has 0 aliphatic carbocycles. The van der Waals surface area contributed by atoms with E-state index in [4.69, 9.17) is 18.9 Å². The van der Waals surface area contributed by atoms with Gasteiger partial charge in [-0.15, -0.1) is 0 Å². The standard InChI is InChI=1S/C20H25NO5/c1-23-15-11-18(24-2)16(19(12-15)25-3)13-21-17(20(22)26-4)10-14-8-6-5-7-9-14/h5-9,11-12,17,21H,10,13H2,1-4H3/t17-/m0/s1. The molecule has 0 aromatic heterocycles. The van der Waals surface area contributed by atoms with Gasteiger partial charge in [0.15, 0.2) is 0 Å². The number of hydrogen-bond donors (Lipinski definition) is 1. The smallest absolute Gasteiger partial charge is 0.323 e. The molecule has 6 heteroatoms. The zero-order valence-corrected chi connectivity index (χ0v) is 15.6. The molecule has 0 aliphatic rings. The lowest BCUT2D eigenvalue weighted by molar-refractivity contribution is -0.143. The Balaban J connectivity index is 2.21. The first kappa shape index (κ1) is 19.6. The second kappa shape index (κ2) is 9.68. The first-order valence-corrected chi connectivity index (χ1v) is 8.27. The molecule has 0 saturated carbocycles. The van der Waals surface area contributed by atoms with E-state index in [1.807, 2.05) is 30.3 Å². The summed E-state index contributed by atoms with van der Waals surface area (Å²) in [4.78, 5) is 12.2. The van der Waals surface area contributed by atoms with E-state index in [0.717, 1.165) is 11.1 Å². The quantitative estimate of drug-likeness (QED) is 0.694. The van der Waals surface area contributed by atoms with Crippen molar-refractivity contribution in [2.75, 3.05) is 28.4 Å². The van der Waals surface area contributed by atoms with Gasteiger partial charge in [0.2, 0.25) is 0 Å². The zero-order chi connectivity index (χ0) is 18.9. The Labute approximate surface area is 154 Å². The van der Waals surface area contributed by atoms with Crippen molar-refractivity contribution in [2.45, 2.75) is 19.0 Å². The lowest BCUT2D eigenvalue weighted by atomic mass is 10.1. The van der Waals surface area contributed by atoms with Crippen LogP contribution in [-0.4, -0.2) is 40.5 Å². The van der Waals surface area contributed by atoms with E-state index < -0.39 is 6.04 Å². The third-order valence-corrected chi connectivity index (χ3v) is 4.11. The molecule has 26 heavy (non-hydrogen) atoms. The Morgan fingerprint density at radius 2 is 1.58 bits per heavy atom. The number of esters is 1. The highest BCUT2D eigenvalue weighted by atomic mass is 16.5. The fourth-order valence-electron chi connectivity index (χ4n) is 2.71. The lowest BCUT2D eigenvalue weighted by Gasteiger charge is -2.19. The van der Waals surface area contributed by atoms with Crippen LogP contribution in [0.25, 0.3) is 0 Å². The summed E-state index contributed by atoms with van der Waals surface area (Å²) in [7, 11) is 6.13. The summed E-state index contributed by atoms with van der Waals surface area (Å²) >= 11 is 0. The van der Waals surface area contributed by atoms with E-state index in [2.05, 4.69) is 5.32 Å². The predicted octanol–water partition coefficient (Wildman–Crippen LogP) is 2.59. The van der Waals surface area contributed by atoms with Gasteiger partial charge in [-0.05, 0) is 12.0 Å². The van der Waals surface area contributed by atoms with Crippen LogP contribution in [0.5, 0.6) is 17.2 Å². The van der Waals surface area contributed by atoms with E-state index >= 15 is 0 Å². The maximum absolute atomic E-state index is 12.2. The molecule has 0 amide bonds. The molecular weight excluding hydrogens is 334 g/mol. The van der Waals surface area contributed by atoms with Gasteiger partial charge in [0, 0.05) is 18.7 Å². The number of nitrogens with one attached hydrogen (secondary N) is 1. The van der Waals surface area contributed by atoms with Crippen molar-refractivity contribution in [1.82, 2.24) is 5.32 Å². The number of rotatable bonds is 9. The molecule has 0 spiro atoms. The van der Waals surface area contributed by atoms with Crippen molar-refractivity contribution in [2.24, 2.45) is 0 Å². The largest absolute Gasteiger partial charge is 0.496 e. The number of carbonyl (C=O) groups is 1. The molecule has 6 nitrogen and oxygen atoms in total. The van der Waals surface area contributed by atoms with E-state index in [0.29, 0.717) is 30.2 Å². The molecule has 0 aliphatic heterocycles. The van der Waals surface area contributed by atoms with Crippen LogP contribution in [-0.2, 0) is 22.5 Å². The minimum atomic E-state index is -0.487. The van der Waals surface area contributed by atoms with Crippen molar-refractivity contribution >= 4 is 5.97 Å². The van der Waals surface area contributed by atoms with Crippen LogP contribution < -0.4 is 19.5 Å². The third-order valence-electron chi connectivity index (χ3n) is 4.11. The lowest BCUT2D eigenvalue weighted by Crippen LogP contribution is -2.39. The predicted molar refractivity (Wildman–Crippen MR) is 98.9 cm³/mol. The van der Waals surface area contributed by atoms with Gasteiger partial charge in [0.25, 0.3) is 0 Å². The first-order chi connectivity index (χ1) is 12.6. The van der Waals surface area contributed by atoms with Crippen LogP contribution in [0.3, 0.4) is 0 Å². The summed E-state index contributed by atoms with van der Waals surface area (Å²) in [5.41, 5.74) is 1.85. The Bertz CT molecular complexity index is 692. The van der Waals surface area contributed by atoms with Crippen LogP contribution in [0.15, 0.2) is 42.5 Å². The Morgan fingerprint density at radius 3 is 2.08 bits per heavy atom. The Morgan fingerprint density at radius 1 is 0.962 bits per heavy atom. The summed E-state index contributed by atoms with van der Waals surface area (Å²) in [5, 5.41) is 3.25. The Hall–Kier alpha value is -2.73. The fraction of sp³-hybridized carbons (Fsp3) is 0.350. The average molecular weight is 359 g/mol. The molecule has 0 radical (unpaired) electrons. The van der Waals surface area contributed by atoms with Crippen molar-refractivity contribution in [3.63, 3.8) is 0 Å². The molecule has 0 fully saturated rings. The fourth-order valence-corrected chi connectivity index (χ4v) is 2.71. The molecule has 0 bridgehead atoms. The molecule has 2 rings (SSSR count). The molecule has 0 unspecified atom stereocenters. The summed E-state index contributed by atoms with van der Waals surface area (Å²) in [6.07, 6.45) is 0.522. The highest BCUT2D eigenvalue weighted by Gasteiger charge is 2.21. The normalized spacial score (nSPS) is 11.5. The summed E-state index contributed by atoms with van der Waals surface area (Å²) in [5.74, 6) is 1.56. The monoisotopic (exact) mass is 359 g/mol. The molecule has 2 aromatic rings. The van der Waals surface area contributed by atoms with Gasteiger partial charge in [-0.2, -0.15) is 0 Å². The minimum Gasteiger partial charge on any atom is -0.496 e. The molecule has 0 saturated heterocycles. The van der Waals surface area contributed by atoms with Gasteiger partial charge in [-0.25, -0.2) is 0 Å². The minimum absolute atomic E-state index is 0.319. The third kappa shape index (κ3) is 4.89. The van der Waals surface area contributed by atoms with Crippen LogP contribution >= 0.6 is 0 Å². The topological polar surface area (TPSA) is 66.0 Å². The number of carbonyl (C=O) groups excluding carboxylic acids is 1. The maximum Gasteiger partial charge on any atom is 0.323 e. The zero-order valence-electron chi connectivity index (χ0n) is 15.6. The highest BCUT2D eigenvalue weighted by Crippen LogP contribution is 2.34. The van der Waals surface area contributed by atoms with Gasteiger partial charge in [-0.1, -0.05) is 30.3 Å². The molecule has 140 valence electrons. The van der Waals surface area contributed by atoms with Crippen LogP contribution in [0, 0.1) is 0 Å². The van der Waals surface area contributed by atoms with Gasteiger partial charge < -0.3 is 18.9 Å². The molecule has 1 N–H and O–H groups in total. The average Bonchev–Trinajstić information content (AvgIpc) is 2.70. The SMILES string of the molecule is COC(=O)[C@H](Cc1ccccc1)NCc1c(OC)cc(OC)cc1OC. The van der Waals surface area contributed by atoms with Crippen LogP contribution in [0.4, 0.5) is 0 Å². The van der Waals surface area contributed by atoms with E-state index in [1.165, 1.54) is 7.11 Å². The highest BCUT2D eigenvalue weighted by molar-refractivity contribution is 5.76.